The van der Waals surface area contributed by atoms with Crippen molar-refractivity contribution in [1.29, 1.82) is 0 Å². The van der Waals surface area contributed by atoms with E-state index >= 15 is 0 Å². The number of rotatable bonds is 5. The van der Waals surface area contributed by atoms with E-state index in [1.165, 1.54) is 19.3 Å². The van der Waals surface area contributed by atoms with E-state index in [1.807, 2.05) is 24.3 Å². The average Bonchev–Trinajstić information content (AvgIpc) is 2.47. The zero-order valence-corrected chi connectivity index (χ0v) is 11.7. The maximum Gasteiger partial charge on any atom is 0.319 e. The van der Waals surface area contributed by atoms with Crippen molar-refractivity contribution in [1.82, 2.24) is 5.32 Å². The van der Waals surface area contributed by atoms with Gasteiger partial charge in [-0.3, -0.25) is 0 Å². The molecule has 1 aliphatic carbocycles. The van der Waals surface area contributed by atoms with Gasteiger partial charge in [-0.2, -0.15) is 0 Å². The molecule has 0 aromatic heterocycles. The summed E-state index contributed by atoms with van der Waals surface area (Å²) < 4.78 is 5.38. The van der Waals surface area contributed by atoms with E-state index < -0.39 is 0 Å². The van der Waals surface area contributed by atoms with Gasteiger partial charge in [0.25, 0.3) is 0 Å². The molecule has 1 fully saturated rings. The Bertz CT molecular complexity index is 414. The van der Waals surface area contributed by atoms with Gasteiger partial charge in [0.1, 0.15) is 12.4 Å². The number of carbonyl (C=O) groups is 1. The number of ether oxygens (including phenoxy) is 1. The molecule has 1 aliphatic rings. The third kappa shape index (κ3) is 4.74. The number of nitrogens with two attached hydrogens (primary N) is 1. The number of benzene rings is 1. The van der Waals surface area contributed by atoms with Crippen LogP contribution in [0.15, 0.2) is 24.3 Å². The van der Waals surface area contributed by atoms with E-state index in [0.717, 1.165) is 24.3 Å². The molecule has 0 saturated heterocycles. The number of carbonyl (C=O) groups excluding carboxylic acids is 1. The van der Waals surface area contributed by atoms with Crippen LogP contribution in [-0.4, -0.2) is 25.2 Å². The van der Waals surface area contributed by atoms with Crippen LogP contribution in [0.25, 0.3) is 0 Å². The van der Waals surface area contributed by atoms with Gasteiger partial charge in [-0.05, 0) is 37.1 Å². The summed E-state index contributed by atoms with van der Waals surface area (Å²) in [5.74, 6) is 0.758. The van der Waals surface area contributed by atoms with Crippen LogP contribution in [-0.2, 0) is 0 Å². The van der Waals surface area contributed by atoms with Crippen LogP contribution in [0.1, 0.15) is 32.1 Å². The van der Waals surface area contributed by atoms with Crippen LogP contribution in [0, 0.1) is 0 Å². The first kappa shape index (κ1) is 14.7. The fourth-order valence-corrected chi connectivity index (χ4v) is 2.41. The Morgan fingerprint density at radius 3 is 2.55 bits per heavy atom. The topological polar surface area (TPSA) is 76.4 Å². The summed E-state index contributed by atoms with van der Waals surface area (Å²) in [6.45, 7) is 0.985. The highest BCUT2D eigenvalue weighted by Crippen LogP contribution is 2.18. The average molecular weight is 277 g/mol. The molecule has 0 aliphatic heterocycles. The first-order valence-corrected chi connectivity index (χ1v) is 7.28. The van der Waals surface area contributed by atoms with Crippen LogP contribution in [0.5, 0.6) is 5.75 Å². The molecule has 0 unspecified atom stereocenters. The number of anilines is 1. The number of hydrogen-bond donors (Lipinski definition) is 3. The summed E-state index contributed by atoms with van der Waals surface area (Å²) in [6, 6.07) is 7.49. The number of amides is 2. The number of urea groups is 1. The molecule has 110 valence electrons. The lowest BCUT2D eigenvalue weighted by atomic mass is 9.96. The lowest BCUT2D eigenvalue weighted by Crippen LogP contribution is -2.38. The molecule has 4 N–H and O–H groups in total. The molecule has 1 saturated carbocycles. The lowest BCUT2D eigenvalue weighted by Gasteiger charge is -2.22. The Hall–Kier alpha value is -1.75. The van der Waals surface area contributed by atoms with E-state index in [0.29, 0.717) is 19.2 Å². The zero-order chi connectivity index (χ0) is 14.2. The highest BCUT2D eigenvalue weighted by Gasteiger charge is 2.15. The number of nitrogens with one attached hydrogen (secondary N) is 2. The molecule has 0 heterocycles. The third-order valence-electron chi connectivity index (χ3n) is 3.44. The van der Waals surface area contributed by atoms with Crippen molar-refractivity contribution in [3.05, 3.63) is 24.3 Å². The minimum absolute atomic E-state index is 0.132. The first-order valence-electron chi connectivity index (χ1n) is 7.28. The predicted molar refractivity (Wildman–Crippen MR) is 80.0 cm³/mol. The molecular weight excluding hydrogens is 254 g/mol. The monoisotopic (exact) mass is 277 g/mol. The highest BCUT2D eigenvalue weighted by molar-refractivity contribution is 5.89. The third-order valence-corrected chi connectivity index (χ3v) is 3.44. The predicted octanol–water partition coefficient (Wildman–Crippen LogP) is 2.48. The Morgan fingerprint density at radius 2 is 1.90 bits per heavy atom. The van der Waals surface area contributed by atoms with E-state index in [-0.39, 0.29) is 6.03 Å². The second-order valence-electron chi connectivity index (χ2n) is 5.09. The van der Waals surface area contributed by atoms with Crippen molar-refractivity contribution < 1.29 is 9.53 Å². The standard InChI is InChI=1S/C15H23N3O2/c16-10-11-20-14-8-6-13(7-9-14)18-15(19)17-12-4-2-1-3-5-12/h6-9,12H,1-5,10-11,16H2,(H2,17,18,19). The first-order chi connectivity index (χ1) is 9.78. The molecule has 5 heteroatoms. The van der Waals surface area contributed by atoms with Gasteiger partial charge in [-0.25, -0.2) is 4.79 Å². The molecule has 2 amide bonds. The largest absolute Gasteiger partial charge is 0.492 e. The minimum atomic E-state index is -0.132. The second-order valence-corrected chi connectivity index (χ2v) is 5.09. The van der Waals surface area contributed by atoms with Gasteiger partial charge in [0.15, 0.2) is 0 Å². The maximum absolute atomic E-state index is 11.9. The van der Waals surface area contributed by atoms with Crippen LogP contribution >= 0.6 is 0 Å². The molecule has 1 aromatic carbocycles. The van der Waals surface area contributed by atoms with Gasteiger partial charge in [0.05, 0.1) is 0 Å². The van der Waals surface area contributed by atoms with Gasteiger partial charge >= 0.3 is 6.03 Å². The molecular formula is C15H23N3O2. The fourth-order valence-electron chi connectivity index (χ4n) is 2.41. The van der Waals surface area contributed by atoms with E-state index in [1.54, 1.807) is 0 Å². The Kier molecular flexibility index (Phi) is 5.68. The summed E-state index contributed by atoms with van der Waals surface area (Å²) in [4.78, 5) is 11.9. The molecule has 0 radical (unpaired) electrons. The van der Waals surface area contributed by atoms with E-state index in [9.17, 15) is 4.79 Å². The van der Waals surface area contributed by atoms with Crippen molar-refractivity contribution in [3.63, 3.8) is 0 Å². The minimum Gasteiger partial charge on any atom is -0.492 e. The molecule has 5 nitrogen and oxygen atoms in total. The van der Waals surface area contributed by atoms with Crippen molar-refractivity contribution >= 4 is 11.7 Å². The van der Waals surface area contributed by atoms with Crippen LogP contribution in [0.2, 0.25) is 0 Å². The maximum atomic E-state index is 11.9. The molecule has 20 heavy (non-hydrogen) atoms. The summed E-state index contributed by atoms with van der Waals surface area (Å²) >= 11 is 0. The molecule has 0 atom stereocenters. The van der Waals surface area contributed by atoms with Crippen molar-refractivity contribution in [3.8, 4) is 5.75 Å². The van der Waals surface area contributed by atoms with Crippen LogP contribution < -0.4 is 21.1 Å². The quantitative estimate of drug-likeness (QED) is 0.774. The molecule has 1 aromatic rings. The van der Waals surface area contributed by atoms with Gasteiger partial charge in [-0.1, -0.05) is 19.3 Å². The summed E-state index contributed by atoms with van der Waals surface area (Å²) in [6.07, 6.45) is 5.86. The smallest absolute Gasteiger partial charge is 0.319 e. The van der Waals surface area contributed by atoms with Crippen molar-refractivity contribution in [2.45, 2.75) is 38.1 Å². The zero-order valence-electron chi connectivity index (χ0n) is 11.7. The number of hydrogen-bond acceptors (Lipinski definition) is 3. The molecule has 0 spiro atoms. The molecule has 0 bridgehead atoms. The Morgan fingerprint density at radius 1 is 1.20 bits per heavy atom. The van der Waals surface area contributed by atoms with Crippen molar-refractivity contribution in [2.24, 2.45) is 5.73 Å². The summed E-state index contributed by atoms with van der Waals surface area (Å²) in [7, 11) is 0. The SMILES string of the molecule is NCCOc1ccc(NC(=O)NC2CCCCC2)cc1. The van der Waals surface area contributed by atoms with Crippen LogP contribution in [0.3, 0.4) is 0 Å². The summed E-state index contributed by atoms with van der Waals surface area (Å²) in [5, 5.41) is 5.86. The Labute approximate surface area is 119 Å². The highest BCUT2D eigenvalue weighted by atomic mass is 16.5. The summed E-state index contributed by atoms with van der Waals surface area (Å²) in [5.41, 5.74) is 6.13. The van der Waals surface area contributed by atoms with Crippen LogP contribution in [0.4, 0.5) is 10.5 Å². The lowest BCUT2D eigenvalue weighted by molar-refractivity contribution is 0.244. The second kappa shape index (κ2) is 7.75. The van der Waals surface area contributed by atoms with Crippen molar-refractivity contribution in [2.75, 3.05) is 18.5 Å². The van der Waals surface area contributed by atoms with Gasteiger partial charge in [-0.15, -0.1) is 0 Å². The van der Waals surface area contributed by atoms with Gasteiger partial charge in [0, 0.05) is 18.3 Å². The Balaban J connectivity index is 1.78. The van der Waals surface area contributed by atoms with E-state index in [2.05, 4.69) is 10.6 Å². The molecule has 2 rings (SSSR count). The van der Waals surface area contributed by atoms with E-state index in [4.69, 9.17) is 10.5 Å². The van der Waals surface area contributed by atoms with Gasteiger partial charge in [0.2, 0.25) is 0 Å². The van der Waals surface area contributed by atoms with Gasteiger partial charge < -0.3 is 21.1 Å². The fraction of sp³-hybridized carbons (Fsp3) is 0.533. The normalized spacial score (nSPS) is 15.7.